The molecule has 1 amide bonds. The lowest BCUT2D eigenvalue weighted by Crippen LogP contribution is -2.42. The summed E-state index contributed by atoms with van der Waals surface area (Å²) in [6, 6.07) is 8.59. The number of nitrogens with two attached hydrogens (primary N) is 2. The maximum atomic E-state index is 14.5. The van der Waals surface area contributed by atoms with E-state index >= 15 is 0 Å². The largest absolute Gasteiger partial charge is 0.365 e. The predicted molar refractivity (Wildman–Crippen MR) is 101 cm³/mol. The summed E-state index contributed by atoms with van der Waals surface area (Å²) in [5, 5.41) is 6.16. The van der Waals surface area contributed by atoms with Crippen LogP contribution in [0.3, 0.4) is 0 Å². The normalized spacial score (nSPS) is 16.0. The van der Waals surface area contributed by atoms with Crippen LogP contribution in [0.2, 0.25) is 0 Å². The third kappa shape index (κ3) is 3.77. The van der Waals surface area contributed by atoms with Crippen molar-refractivity contribution in [2.75, 3.05) is 10.6 Å². The first-order chi connectivity index (χ1) is 12.3. The van der Waals surface area contributed by atoms with Gasteiger partial charge in [-0.25, -0.2) is 9.37 Å². The van der Waals surface area contributed by atoms with Gasteiger partial charge in [0.05, 0.1) is 5.56 Å². The number of nitrogens with one attached hydrogen (secondary N) is 2. The number of carbonyl (C=O) groups excluding carboxylic acids is 1. The van der Waals surface area contributed by atoms with Crippen molar-refractivity contribution < 1.29 is 9.18 Å². The molecule has 138 valence electrons. The molecule has 1 saturated carbocycles. The Morgan fingerprint density at radius 1 is 1.35 bits per heavy atom. The summed E-state index contributed by atoms with van der Waals surface area (Å²) in [6.45, 7) is 3.94. The van der Waals surface area contributed by atoms with Gasteiger partial charge in [-0.3, -0.25) is 4.79 Å². The number of carbonyl (C=O) groups is 1. The fourth-order valence-corrected chi connectivity index (χ4v) is 3.04. The molecule has 0 spiro atoms. The molecule has 7 heteroatoms. The van der Waals surface area contributed by atoms with Gasteiger partial charge in [0.15, 0.2) is 11.6 Å². The molecule has 6 nitrogen and oxygen atoms in total. The number of hydrogen-bond acceptors (Lipinski definition) is 5. The molecule has 1 aromatic carbocycles. The zero-order valence-corrected chi connectivity index (χ0v) is 15.0. The monoisotopic (exact) mass is 357 g/mol. The van der Waals surface area contributed by atoms with E-state index in [4.69, 9.17) is 11.5 Å². The molecule has 26 heavy (non-hydrogen) atoms. The highest BCUT2D eigenvalue weighted by atomic mass is 19.1. The topological polar surface area (TPSA) is 106 Å². The molecule has 1 fully saturated rings. The number of anilines is 3. The number of nitrogens with zero attached hydrogens (tertiary/aromatic N) is 1. The van der Waals surface area contributed by atoms with Gasteiger partial charge in [0.2, 0.25) is 0 Å². The molecule has 0 saturated heterocycles. The van der Waals surface area contributed by atoms with E-state index in [1.165, 1.54) is 0 Å². The van der Waals surface area contributed by atoms with Crippen LogP contribution in [0.15, 0.2) is 30.3 Å². The summed E-state index contributed by atoms with van der Waals surface area (Å²) in [6.07, 6.45) is 2.54. The Morgan fingerprint density at radius 3 is 2.65 bits per heavy atom. The quantitative estimate of drug-likeness (QED) is 0.609. The summed E-state index contributed by atoms with van der Waals surface area (Å²) in [5.74, 6) is -1.10. The predicted octanol–water partition coefficient (Wildman–Crippen LogP) is 3.05. The van der Waals surface area contributed by atoms with Crippen LogP contribution < -0.4 is 22.1 Å². The first-order valence-corrected chi connectivity index (χ1v) is 8.72. The molecule has 2 aromatic rings. The maximum Gasteiger partial charge on any atom is 0.252 e. The van der Waals surface area contributed by atoms with Gasteiger partial charge in [-0.1, -0.05) is 19.1 Å². The van der Waals surface area contributed by atoms with Crippen LogP contribution in [0.4, 0.5) is 21.7 Å². The molecule has 1 aliphatic rings. The van der Waals surface area contributed by atoms with Gasteiger partial charge >= 0.3 is 0 Å². The second-order valence-electron chi connectivity index (χ2n) is 6.91. The summed E-state index contributed by atoms with van der Waals surface area (Å²) in [4.78, 5) is 16.0. The fourth-order valence-electron chi connectivity index (χ4n) is 3.04. The first-order valence-electron chi connectivity index (χ1n) is 8.72. The minimum absolute atomic E-state index is 0.00325. The Balaban J connectivity index is 1.94. The van der Waals surface area contributed by atoms with Crippen LogP contribution in [0.5, 0.6) is 0 Å². The maximum absolute atomic E-state index is 14.5. The molecular formula is C19H24FN5O. The summed E-state index contributed by atoms with van der Waals surface area (Å²) in [5.41, 5.74) is 13.1. The Kier molecular flexibility index (Phi) is 4.82. The second-order valence-corrected chi connectivity index (χ2v) is 6.91. The van der Waals surface area contributed by atoms with E-state index in [-0.39, 0.29) is 28.8 Å². The zero-order chi connectivity index (χ0) is 18.9. The molecule has 1 aromatic heterocycles. The lowest BCUT2D eigenvalue weighted by atomic mass is 10.0. The van der Waals surface area contributed by atoms with E-state index in [0.717, 1.165) is 36.6 Å². The lowest BCUT2D eigenvalue weighted by molar-refractivity contribution is 0.100. The number of benzene rings is 1. The number of pyridine rings is 1. The van der Waals surface area contributed by atoms with Crippen molar-refractivity contribution in [3.8, 4) is 0 Å². The minimum Gasteiger partial charge on any atom is -0.365 e. The van der Waals surface area contributed by atoms with Gasteiger partial charge in [0, 0.05) is 17.3 Å². The number of rotatable bonds is 7. The molecule has 1 aliphatic carbocycles. The van der Waals surface area contributed by atoms with Crippen LogP contribution in [0.1, 0.15) is 42.1 Å². The Hall–Kier alpha value is -2.67. The average Bonchev–Trinajstić information content (AvgIpc) is 3.33. The molecule has 1 atom stereocenters. The summed E-state index contributed by atoms with van der Waals surface area (Å²) in [7, 11) is 0. The number of halogens is 1. The van der Waals surface area contributed by atoms with Crippen molar-refractivity contribution >= 4 is 23.2 Å². The van der Waals surface area contributed by atoms with Gasteiger partial charge in [0.25, 0.3) is 5.91 Å². The Morgan fingerprint density at radius 2 is 2.08 bits per heavy atom. The molecule has 1 heterocycles. The highest BCUT2D eigenvalue weighted by Crippen LogP contribution is 2.38. The minimum atomic E-state index is -0.748. The van der Waals surface area contributed by atoms with Crippen molar-refractivity contribution in [3.63, 3.8) is 0 Å². The van der Waals surface area contributed by atoms with Crippen molar-refractivity contribution in [3.05, 3.63) is 47.3 Å². The molecule has 6 N–H and O–H groups in total. The van der Waals surface area contributed by atoms with Crippen molar-refractivity contribution in [1.29, 1.82) is 0 Å². The first kappa shape index (κ1) is 18.1. The third-order valence-electron chi connectivity index (χ3n) is 4.76. The Labute approximate surface area is 152 Å². The average molecular weight is 357 g/mol. The van der Waals surface area contributed by atoms with Crippen LogP contribution in [-0.2, 0) is 0 Å². The fraction of sp³-hybridized carbons (Fsp3) is 0.368. The molecule has 0 unspecified atom stereocenters. The van der Waals surface area contributed by atoms with Crippen LogP contribution in [-0.4, -0.2) is 22.5 Å². The number of amides is 1. The standard InChI is InChI=1S/C19H24FN5O/c1-3-15(19(22)7-8-19)24-18-14(20)10-13(16(21)26)17(25-18)23-12-6-4-5-11(2)9-12/h4-6,9-10,15H,3,7-8,22H2,1-2H3,(H2,21,26)(H2,23,24,25)/t15-/m0/s1. The Bertz CT molecular complexity index is 835. The van der Waals surface area contributed by atoms with Gasteiger partial charge in [-0.2, -0.15) is 0 Å². The van der Waals surface area contributed by atoms with Gasteiger partial charge < -0.3 is 22.1 Å². The van der Waals surface area contributed by atoms with E-state index in [1.807, 2.05) is 38.1 Å². The lowest BCUT2D eigenvalue weighted by Gasteiger charge is -2.24. The van der Waals surface area contributed by atoms with Crippen molar-refractivity contribution in [2.24, 2.45) is 11.5 Å². The van der Waals surface area contributed by atoms with Gasteiger partial charge in [-0.15, -0.1) is 0 Å². The number of aromatic nitrogens is 1. The van der Waals surface area contributed by atoms with E-state index < -0.39 is 11.7 Å². The van der Waals surface area contributed by atoms with Crippen LogP contribution in [0, 0.1) is 12.7 Å². The highest BCUT2D eigenvalue weighted by molar-refractivity contribution is 5.98. The van der Waals surface area contributed by atoms with E-state index in [1.54, 1.807) is 0 Å². The highest BCUT2D eigenvalue weighted by Gasteiger charge is 2.45. The second kappa shape index (κ2) is 6.92. The number of aryl methyl sites for hydroxylation is 1. The number of primary amides is 1. The summed E-state index contributed by atoms with van der Waals surface area (Å²) < 4.78 is 14.5. The molecule has 3 rings (SSSR count). The van der Waals surface area contributed by atoms with E-state index in [0.29, 0.717) is 0 Å². The molecular weight excluding hydrogens is 333 g/mol. The van der Waals surface area contributed by atoms with Crippen LogP contribution in [0.25, 0.3) is 0 Å². The third-order valence-corrected chi connectivity index (χ3v) is 4.76. The molecule has 0 bridgehead atoms. The smallest absolute Gasteiger partial charge is 0.252 e. The van der Waals surface area contributed by atoms with E-state index in [9.17, 15) is 9.18 Å². The van der Waals surface area contributed by atoms with Crippen molar-refractivity contribution in [2.45, 2.75) is 44.7 Å². The summed E-state index contributed by atoms with van der Waals surface area (Å²) >= 11 is 0. The van der Waals surface area contributed by atoms with Crippen molar-refractivity contribution in [1.82, 2.24) is 4.98 Å². The van der Waals surface area contributed by atoms with Gasteiger partial charge in [-0.05, 0) is 49.9 Å². The van der Waals surface area contributed by atoms with Crippen LogP contribution >= 0.6 is 0 Å². The zero-order valence-electron chi connectivity index (χ0n) is 15.0. The molecule has 0 radical (unpaired) electrons. The van der Waals surface area contributed by atoms with E-state index in [2.05, 4.69) is 15.6 Å². The number of hydrogen-bond donors (Lipinski definition) is 4. The van der Waals surface area contributed by atoms with Gasteiger partial charge in [0.1, 0.15) is 5.82 Å². The molecule has 0 aliphatic heterocycles. The SMILES string of the molecule is CC[C@H](Nc1nc(Nc2cccc(C)c2)c(C(N)=O)cc1F)C1(N)CC1.